The van der Waals surface area contributed by atoms with E-state index in [2.05, 4.69) is 61.9 Å². The van der Waals surface area contributed by atoms with E-state index in [0.717, 1.165) is 11.8 Å². The van der Waals surface area contributed by atoms with Crippen molar-refractivity contribution in [1.29, 1.82) is 0 Å². The molecule has 1 aromatic rings. The average molecular weight is 272 g/mol. The second-order valence-electron chi connectivity index (χ2n) is 7.43. The van der Waals surface area contributed by atoms with Crippen LogP contribution in [0.2, 0.25) is 0 Å². The molecule has 0 saturated carbocycles. The summed E-state index contributed by atoms with van der Waals surface area (Å²) in [5.74, 6) is 1.76. The maximum atomic E-state index is 2.61. The second-order valence-corrected chi connectivity index (χ2v) is 7.43. The highest BCUT2D eigenvalue weighted by atomic mass is 15.2. The van der Waals surface area contributed by atoms with Crippen molar-refractivity contribution in [2.45, 2.75) is 32.6 Å². The zero-order valence-electron chi connectivity index (χ0n) is 13.4. The van der Waals surface area contributed by atoms with E-state index in [1.807, 2.05) is 0 Å². The van der Waals surface area contributed by atoms with Gasteiger partial charge in [0, 0.05) is 31.9 Å². The van der Waals surface area contributed by atoms with Crippen molar-refractivity contribution < 1.29 is 0 Å². The quantitative estimate of drug-likeness (QED) is 0.832. The first-order valence-corrected chi connectivity index (χ1v) is 8.03. The molecule has 2 unspecified atom stereocenters. The molecule has 2 fully saturated rings. The zero-order valence-corrected chi connectivity index (χ0v) is 13.4. The van der Waals surface area contributed by atoms with E-state index in [1.165, 1.54) is 43.9 Å². The predicted octanol–water partition coefficient (Wildman–Crippen LogP) is 3.37. The van der Waals surface area contributed by atoms with Gasteiger partial charge in [-0.25, -0.2) is 0 Å². The van der Waals surface area contributed by atoms with Crippen LogP contribution in [0.5, 0.6) is 0 Å². The van der Waals surface area contributed by atoms with Crippen LogP contribution < -0.4 is 4.90 Å². The fourth-order valence-corrected chi connectivity index (χ4v) is 3.77. The molecule has 0 aromatic heterocycles. The Morgan fingerprint density at radius 3 is 2.35 bits per heavy atom. The Bertz CT molecular complexity index is 466. The summed E-state index contributed by atoms with van der Waals surface area (Å²) in [4.78, 5) is 5.10. The number of anilines is 1. The van der Waals surface area contributed by atoms with E-state index in [1.54, 1.807) is 0 Å². The van der Waals surface area contributed by atoms with Crippen molar-refractivity contribution in [3.63, 3.8) is 0 Å². The first kappa shape index (κ1) is 13.9. The maximum Gasteiger partial charge on any atom is 0.0369 e. The van der Waals surface area contributed by atoms with Crippen LogP contribution in [0.15, 0.2) is 24.3 Å². The Balaban J connectivity index is 1.78. The van der Waals surface area contributed by atoms with Crippen molar-refractivity contribution in [1.82, 2.24) is 4.90 Å². The van der Waals surface area contributed by atoms with Crippen LogP contribution >= 0.6 is 0 Å². The van der Waals surface area contributed by atoms with Crippen molar-refractivity contribution in [3.8, 4) is 0 Å². The zero-order chi connectivity index (χ0) is 14.3. The summed E-state index contributed by atoms with van der Waals surface area (Å²) in [5, 5.41) is 0. The second kappa shape index (κ2) is 5.07. The number of fused-ring (bicyclic) bond motifs is 1. The highest BCUT2D eigenvalue weighted by Gasteiger charge is 2.38. The van der Waals surface area contributed by atoms with Gasteiger partial charge in [-0.05, 0) is 48.4 Å². The molecule has 2 heterocycles. The molecule has 0 spiro atoms. The monoisotopic (exact) mass is 272 g/mol. The summed E-state index contributed by atoms with van der Waals surface area (Å²) in [6.07, 6.45) is 1.19. The van der Waals surface area contributed by atoms with Gasteiger partial charge < -0.3 is 9.80 Å². The average Bonchev–Trinajstić information content (AvgIpc) is 2.96. The molecule has 0 amide bonds. The van der Waals surface area contributed by atoms with E-state index in [-0.39, 0.29) is 5.41 Å². The van der Waals surface area contributed by atoms with Crippen LogP contribution in [-0.4, -0.2) is 38.1 Å². The molecule has 2 heteroatoms. The normalized spacial score (nSPS) is 27.1. The summed E-state index contributed by atoms with van der Waals surface area (Å²) < 4.78 is 0. The summed E-state index contributed by atoms with van der Waals surface area (Å²) in [6, 6.07) is 9.24. The molecule has 2 saturated heterocycles. The van der Waals surface area contributed by atoms with Gasteiger partial charge in [-0.2, -0.15) is 0 Å². The van der Waals surface area contributed by atoms with Crippen molar-refractivity contribution in [2.24, 2.45) is 11.8 Å². The molecule has 20 heavy (non-hydrogen) atoms. The van der Waals surface area contributed by atoms with E-state index < -0.39 is 0 Å². The highest BCUT2D eigenvalue weighted by Crippen LogP contribution is 2.35. The standard InChI is InChI=1S/C18H28N2/c1-5-18(2,3)16-7-6-8-17(9-16)20-12-14-10-19(4)11-15(14)13-20/h6-9,14-15H,5,10-13H2,1-4H3. The minimum Gasteiger partial charge on any atom is -0.371 e. The van der Waals surface area contributed by atoms with E-state index in [0.29, 0.717) is 0 Å². The Hall–Kier alpha value is -1.02. The number of rotatable bonds is 3. The van der Waals surface area contributed by atoms with Gasteiger partial charge in [0.05, 0.1) is 0 Å². The molecule has 2 nitrogen and oxygen atoms in total. The van der Waals surface area contributed by atoms with Gasteiger partial charge in [0.1, 0.15) is 0 Å². The maximum absolute atomic E-state index is 2.61. The number of likely N-dealkylation sites (tertiary alicyclic amines) is 1. The molecule has 0 N–H and O–H groups in total. The summed E-state index contributed by atoms with van der Waals surface area (Å²) in [7, 11) is 2.26. The van der Waals surface area contributed by atoms with Gasteiger partial charge in [-0.1, -0.05) is 32.9 Å². The van der Waals surface area contributed by atoms with E-state index in [4.69, 9.17) is 0 Å². The fourth-order valence-electron chi connectivity index (χ4n) is 3.77. The van der Waals surface area contributed by atoms with Gasteiger partial charge in [0.25, 0.3) is 0 Å². The minimum atomic E-state index is 0.284. The Kier molecular flexibility index (Phi) is 3.53. The topological polar surface area (TPSA) is 6.48 Å². The SMILES string of the molecule is CCC(C)(C)c1cccc(N2CC3CN(C)CC3C2)c1. The third-order valence-electron chi connectivity index (χ3n) is 5.55. The van der Waals surface area contributed by atoms with Gasteiger partial charge in [0.15, 0.2) is 0 Å². The van der Waals surface area contributed by atoms with Gasteiger partial charge in [0.2, 0.25) is 0 Å². The molecule has 0 bridgehead atoms. The Morgan fingerprint density at radius 1 is 1.10 bits per heavy atom. The third kappa shape index (κ3) is 2.46. The lowest BCUT2D eigenvalue weighted by Crippen LogP contribution is -2.27. The van der Waals surface area contributed by atoms with Crippen LogP contribution in [0.4, 0.5) is 5.69 Å². The predicted molar refractivity (Wildman–Crippen MR) is 86.4 cm³/mol. The lowest BCUT2D eigenvalue weighted by atomic mass is 9.82. The fraction of sp³-hybridized carbons (Fsp3) is 0.667. The lowest BCUT2D eigenvalue weighted by Gasteiger charge is -2.27. The molecule has 110 valence electrons. The third-order valence-corrected chi connectivity index (χ3v) is 5.55. The molecule has 2 atom stereocenters. The van der Waals surface area contributed by atoms with Gasteiger partial charge in [-0.15, -0.1) is 0 Å². The number of hydrogen-bond acceptors (Lipinski definition) is 2. The molecule has 2 aliphatic rings. The van der Waals surface area contributed by atoms with Crippen LogP contribution in [0.3, 0.4) is 0 Å². The van der Waals surface area contributed by atoms with Crippen molar-refractivity contribution >= 4 is 5.69 Å². The molecule has 3 rings (SSSR count). The lowest BCUT2D eigenvalue weighted by molar-refractivity contribution is 0.387. The van der Waals surface area contributed by atoms with Crippen LogP contribution in [0.25, 0.3) is 0 Å². The summed E-state index contributed by atoms with van der Waals surface area (Å²) in [6.45, 7) is 12.0. The largest absolute Gasteiger partial charge is 0.371 e. The molecular formula is C18H28N2. The van der Waals surface area contributed by atoms with Gasteiger partial charge >= 0.3 is 0 Å². The van der Waals surface area contributed by atoms with Gasteiger partial charge in [-0.3, -0.25) is 0 Å². The number of nitrogens with zero attached hydrogens (tertiary/aromatic N) is 2. The van der Waals surface area contributed by atoms with Crippen molar-refractivity contribution in [3.05, 3.63) is 29.8 Å². The molecular weight excluding hydrogens is 244 g/mol. The Labute approximate surface area is 123 Å². The molecule has 0 radical (unpaired) electrons. The number of benzene rings is 1. The highest BCUT2D eigenvalue weighted by molar-refractivity contribution is 5.51. The number of hydrogen-bond donors (Lipinski definition) is 0. The van der Waals surface area contributed by atoms with Crippen molar-refractivity contribution in [2.75, 3.05) is 38.1 Å². The smallest absolute Gasteiger partial charge is 0.0369 e. The van der Waals surface area contributed by atoms with Crippen LogP contribution in [-0.2, 0) is 5.41 Å². The van der Waals surface area contributed by atoms with E-state index >= 15 is 0 Å². The Morgan fingerprint density at radius 2 is 1.75 bits per heavy atom. The first-order chi connectivity index (χ1) is 9.49. The van der Waals surface area contributed by atoms with Crippen LogP contribution in [0, 0.1) is 11.8 Å². The summed E-state index contributed by atoms with van der Waals surface area (Å²) in [5.41, 5.74) is 3.19. The molecule has 0 aliphatic carbocycles. The summed E-state index contributed by atoms with van der Waals surface area (Å²) >= 11 is 0. The molecule has 1 aromatic carbocycles. The minimum absolute atomic E-state index is 0.284. The first-order valence-electron chi connectivity index (χ1n) is 8.03. The van der Waals surface area contributed by atoms with Crippen LogP contribution in [0.1, 0.15) is 32.8 Å². The molecule has 2 aliphatic heterocycles. The van der Waals surface area contributed by atoms with E-state index in [9.17, 15) is 0 Å².